The molecule has 0 aromatic carbocycles. The van der Waals surface area contributed by atoms with Crippen molar-refractivity contribution in [2.45, 2.75) is 24.0 Å². The minimum absolute atomic E-state index is 0. The van der Waals surface area contributed by atoms with Crippen molar-refractivity contribution in [3.63, 3.8) is 0 Å². The predicted octanol–water partition coefficient (Wildman–Crippen LogP) is 0.813. The smallest absolute Gasteiger partial charge is 0.276 e. The number of piperidine rings is 1. The molecule has 16 heavy (non-hydrogen) atoms. The topological polar surface area (TPSA) is 76.5 Å². The Balaban J connectivity index is 0.00000128. The molecule has 2 N–H and O–H groups in total. The number of furan rings is 1. The van der Waals surface area contributed by atoms with Crippen LogP contribution in [-0.4, -0.2) is 31.9 Å². The molecule has 1 aliphatic rings. The van der Waals surface area contributed by atoms with Crippen LogP contribution in [0.15, 0.2) is 27.9 Å². The van der Waals surface area contributed by atoms with Crippen molar-refractivity contribution < 1.29 is 12.8 Å². The van der Waals surface area contributed by atoms with Crippen LogP contribution in [0.2, 0.25) is 0 Å². The number of hydrogen-bond donors (Lipinski definition) is 1. The van der Waals surface area contributed by atoms with Crippen molar-refractivity contribution >= 4 is 22.4 Å². The fraction of sp³-hybridized carbons (Fsp3) is 0.556. The van der Waals surface area contributed by atoms with Gasteiger partial charge in [-0.3, -0.25) is 0 Å². The monoisotopic (exact) mass is 266 g/mol. The summed E-state index contributed by atoms with van der Waals surface area (Å²) in [5.41, 5.74) is 5.74. The van der Waals surface area contributed by atoms with Crippen LogP contribution in [-0.2, 0) is 10.0 Å². The van der Waals surface area contributed by atoms with Gasteiger partial charge >= 0.3 is 0 Å². The molecule has 0 bridgehead atoms. The zero-order valence-corrected chi connectivity index (χ0v) is 10.3. The summed E-state index contributed by atoms with van der Waals surface area (Å²) in [4.78, 5) is 0. The lowest BCUT2D eigenvalue weighted by Gasteiger charge is -2.28. The Morgan fingerprint density at radius 2 is 2.25 bits per heavy atom. The highest BCUT2D eigenvalue weighted by Gasteiger charge is 2.30. The standard InChI is InChI=1S/C9H14N2O3S.ClH/c10-8-3-1-5-11(7-8)15(12,13)9-4-2-6-14-9;/h2,4,6,8H,1,3,5,7,10H2;1H. The van der Waals surface area contributed by atoms with Gasteiger partial charge in [-0.2, -0.15) is 4.31 Å². The van der Waals surface area contributed by atoms with Gasteiger partial charge in [0.1, 0.15) is 0 Å². The van der Waals surface area contributed by atoms with Crippen LogP contribution in [0.1, 0.15) is 12.8 Å². The van der Waals surface area contributed by atoms with Gasteiger partial charge in [0.15, 0.2) is 0 Å². The van der Waals surface area contributed by atoms with Crippen LogP contribution in [0.4, 0.5) is 0 Å². The van der Waals surface area contributed by atoms with Crippen LogP contribution in [0.25, 0.3) is 0 Å². The third kappa shape index (κ3) is 2.57. The molecule has 5 nitrogen and oxygen atoms in total. The van der Waals surface area contributed by atoms with Crippen LogP contribution >= 0.6 is 12.4 Å². The van der Waals surface area contributed by atoms with E-state index in [2.05, 4.69) is 0 Å². The average Bonchev–Trinajstić information content (AvgIpc) is 2.71. The van der Waals surface area contributed by atoms with Gasteiger partial charge in [-0.25, -0.2) is 8.42 Å². The molecular weight excluding hydrogens is 252 g/mol. The largest absolute Gasteiger partial charge is 0.452 e. The number of nitrogens with zero attached hydrogens (tertiary/aromatic N) is 1. The summed E-state index contributed by atoms with van der Waals surface area (Å²) in [7, 11) is -3.46. The molecular formula is C9H15ClN2O3S. The minimum atomic E-state index is -3.46. The molecule has 0 spiro atoms. The van der Waals surface area contributed by atoms with E-state index >= 15 is 0 Å². The van der Waals surface area contributed by atoms with Gasteiger partial charge in [0.25, 0.3) is 10.0 Å². The third-order valence-electron chi connectivity index (χ3n) is 2.51. The summed E-state index contributed by atoms with van der Waals surface area (Å²) in [6.45, 7) is 0.903. The summed E-state index contributed by atoms with van der Waals surface area (Å²) in [6, 6.07) is 2.95. The molecule has 2 heterocycles. The summed E-state index contributed by atoms with van der Waals surface area (Å²) in [5, 5.41) is -0.00315. The van der Waals surface area contributed by atoms with E-state index in [9.17, 15) is 8.42 Å². The number of halogens is 1. The molecule has 0 radical (unpaired) electrons. The molecule has 0 amide bonds. The lowest BCUT2D eigenvalue weighted by atomic mass is 10.1. The molecule has 0 saturated carbocycles. The zero-order chi connectivity index (χ0) is 10.9. The molecule has 1 aromatic rings. The van der Waals surface area contributed by atoms with Crippen molar-refractivity contribution in [3.05, 3.63) is 18.4 Å². The highest BCUT2D eigenvalue weighted by molar-refractivity contribution is 7.89. The molecule has 0 aliphatic carbocycles. The van der Waals surface area contributed by atoms with Gasteiger partial charge in [0.2, 0.25) is 5.09 Å². The van der Waals surface area contributed by atoms with E-state index in [1.54, 1.807) is 6.07 Å². The van der Waals surface area contributed by atoms with Gasteiger partial charge < -0.3 is 10.2 Å². The normalized spacial score (nSPS) is 22.7. The fourth-order valence-corrected chi connectivity index (χ4v) is 3.17. The Hall–Kier alpha value is -0.560. The van der Waals surface area contributed by atoms with E-state index in [1.807, 2.05) is 0 Å². The molecule has 1 aliphatic heterocycles. The van der Waals surface area contributed by atoms with Crippen LogP contribution < -0.4 is 5.73 Å². The SMILES string of the molecule is Cl.NC1CCCN(S(=O)(=O)c2ccco2)C1. The Morgan fingerprint density at radius 1 is 1.50 bits per heavy atom. The lowest BCUT2D eigenvalue weighted by Crippen LogP contribution is -2.45. The quantitative estimate of drug-likeness (QED) is 0.860. The molecule has 1 fully saturated rings. The van der Waals surface area contributed by atoms with Gasteiger partial charge in [0.05, 0.1) is 6.26 Å². The van der Waals surface area contributed by atoms with E-state index in [-0.39, 0.29) is 23.5 Å². The Labute approximate surface area is 101 Å². The third-order valence-corrected chi connectivity index (χ3v) is 4.26. The summed E-state index contributed by atoms with van der Waals surface area (Å²) in [6.07, 6.45) is 3.04. The number of rotatable bonds is 2. The summed E-state index contributed by atoms with van der Waals surface area (Å²) in [5.74, 6) is 0. The van der Waals surface area contributed by atoms with Gasteiger partial charge in [-0.15, -0.1) is 12.4 Å². The predicted molar refractivity (Wildman–Crippen MR) is 61.9 cm³/mol. The maximum atomic E-state index is 12.0. The van der Waals surface area contributed by atoms with E-state index in [4.69, 9.17) is 10.2 Å². The van der Waals surface area contributed by atoms with Crippen molar-refractivity contribution in [1.29, 1.82) is 0 Å². The van der Waals surface area contributed by atoms with Gasteiger partial charge in [-0.1, -0.05) is 0 Å². The maximum absolute atomic E-state index is 12.0. The Kier molecular flexibility index (Phi) is 4.37. The molecule has 1 aromatic heterocycles. The van der Waals surface area contributed by atoms with Crippen LogP contribution in [0, 0.1) is 0 Å². The first kappa shape index (κ1) is 13.5. The second-order valence-corrected chi connectivity index (χ2v) is 5.57. The van der Waals surface area contributed by atoms with Crippen molar-refractivity contribution in [2.75, 3.05) is 13.1 Å². The van der Waals surface area contributed by atoms with Gasteiger partial charge in [-0.05, 0) is 25.0 Å². The van der Waals surface area contributed by atoms with Crippen molar-refractivity contribution in [3.8, 4) is 0 Å². The van der Waals surface area contributed by atoms with Crippen molar-refractivity contribution in [2.24, 2.45) is 5.73 Å². The summed E-state index contributed by atoms with van der Waals surface area (Å²) < 4.78 is 30.2. The van der Waals surface area contributed by atoms with Crippen LogP contribution in [0.3, 0.4) is 0 Å². The highest BCUT2D eigenvalue weighted by atomic mass is 35.5. The van der Waals surface area contributed by atoms with Crippen molar-refractivity contribution in [1.82, 2.24) is 4.31 Å². The Morgan fingerprint density at radius 3 is 2.81 bits per heavy atom. The van der Waals surface area contributed by atoms with E-state index in [0.29, 0.717) is 13.1 Å². The first-order valence-corrected chi connectivity index (χ1v) is 6.34. The van der Waals surface area contributed by atoms with E-state index in [1.165, 1.54) is 16.6 Å². The van der Waals surface area contributed by atoms with Gasteiger partial charge in [0, 0.05) is 19.1 Å². The maximum Gasteiger partial charge on any atom is 0.276 e. The summed E-state index contributed by atoms with van der Waals surface area (Å²) >= 11 is 0. The fourth-order valence-electron chi connectivity index (χ4n) is 1.73. The number of sulfonamides is 1. The molecule has 2 rings (SSSR count). The Bertz CT molecular complexity index is 418. The van der Waals surface area contributed by atoms with Crippen LogP contribution in [0.5, 0.6) is 0 Å². The van der Waals surface area contributed by atoms with E-state index in [0.717, 1.165) is 12.8 Å². The lowest BCUT2D eigenvalue weighted by molar-refractivity contribution is 0.306. The molecule has 92 valence electrons. The molecule has 1 saturated heterocycles. The molecule has 1 atom stereocenters. The minimum Gasteiger partial charge on any atom is -0.452 e. The van der Waals surface area contributed by atoms with E-state index < -0.39 is 10.0 Å². The second-order valence-electron chi connectivity index (χ2n) is 3.70. The highest BCUT2D eigenvalue weighted by Crippen LogP contribution is 2.20. The number of hydrogen-bond acceptors (Lipinski definition) is 4. The first-order valence-electron chi connectivity index (χ1n) is 4.90. The zero-order valence-electron chi connectivity index (χ0n) is 8.70. The average molecular weight is 267 g/mol. The first-order chi connectivity index (χ1) is 7.10. The second kappa shape index (κ2) is 5.18. The molecule has 7 heteroatoms. The molecule has 1 unspecified atom stereocenters. The number of nitrogens with two attached hydrogens (primary N) is 1.